The minimum atomic E-state index is -3.88. The highest BCUT2D eigenvalue weighted by atomic mass is 32.2. The number of hydrogen-bond donors (Lipinski definition) is 0. The zero-order valence-corrected chi connectivity index (χ0v) is 14.0. The van der Waals surface area contributed by atoms with Gasteiger partial charge in [0.25, 0.3) is 5.91 Å². The Morgan fingerprint density at radius 2 is 1.71 bits per heavy atom. The lowest BCUT2D eigenvalue weighted by molar-refractivity contribution is -0.301. The van der Waals surface area contributed by atoms with E-state index in [2.05, 4.69) is 0 Å². The highest BCUT2D eigenvalue weighted by Crippen LogP contribution is 2.31. The molecule has 1 amide bonds. The minimum Gasteiger partial charge on any atom is -0.540 e. The van der Waals surface area contributed by atoms with Crippen LogP contribution in [0, 0.1) is 0 Å². The van der Waals surface area contributed by atoms with Crippen molar-refractivity contribution in [1.29, 1.82) is 0 Å². The van der Waals surface area contributed by atoms with E-state index >= 15 is 0 Å². The van der Waals surface area contributed by atoms with Crippen LogP contribution in [0.1, 0.15) is 0 Å². The predicted molar refractivity (Wildman–Crippen MR) is 79.9 cm³/mol. The van der Waals surface area contributed by atoms with E-state index in [4.69, 9.17) is 9.47 Å². The summed E-state index contributed by atoms with van der Waals surface area (Å²) in [5.74, 6) is -2.42. The third kappa shape index (κ3) is 3.44. The van der Waals surface area contributed by atoms with Gasteiger partial charge in [-0.3, -0.25) is 4.79 Å². The molecular weight excluding hydrogens is 340 g/mol. The van der Waals surface area contributed by atoms with E-state index in [1.54, 1.807) is 6.07 Å². The molecule has 1 aromatic carbocycles. The fourth-order valence-corrected chi connectivity index (χ4v) is 3.98. The first-order chi connectivity index (χ1) is 11.3. The smallest absolute Gasteiger partial charge is 0.269 e. The first kappa shape index (κ1) is 18.0. The van der Waals surface area contributed by atoms with Crippen LogP contribution < -0.4 is 14.6 Å². The summed E-state index contributed by atoms with van der Waals surface area (Å²) in [5, 5.41) is 10.6. The Labute approximate surface area is 139 Å². The Bertz CT molecular complexity index is 739. The molecule has 1 aliphatic heterocycles. The van der Waals surface area contributed by atoms with Crippen LogP contribution in [-0.4, -0.2) is 69.9 Å². The van der Waals surface area contributed by atoms with Crippen molar-refractivity contribution < 1.29 is 32.6 Å². The lowest BCUT2D eigenvalue weighted by Crippen LogP contribution is -2.54. The molecule has 0 bridgehead atoms. The molecule has 1 saturated heterocycles. The van der Waals surface area contributed by atoms with Crippen LogP contribution in [0.15, 0.2) is 23.1 Å². The molecule has 0 aliphatic carbocycles. The predicted octanol–water partition coefficient (Wildman–Crippen LogP) is -1.71. The Hall–Kier alpha value is -2.33. The quantitative estimate of drug-likeness (QED) is 0.589. The molecule has 0 N–H and O–H groups in total. The maximum Gasteiger partial charge on any atom is 0.269 e. The molecule has 9 nitrogen and oxygen atoms in total. The van der Waals surface area contributed by atoms with Crippen molar-refractivity contribution in [2.75, 3.05) is 40.4 Å². The van der Waals surface area contributed by atoms with E-state index in [1.807, 2.05) is 0 Å². The number of hydrogen-bond acceptors (Lipinski definition) is 7. The molecule has 1 fully saturated rings. The van der Waals surface area contributed by atoms with Crippen LogP contribution in [0.4, 0.5) is 0 Å². The summed E-state index contributed by atoms with van der Waals surface area (Å²) >= 11 is 0. The second-order valence-electron chi connectivity index (χ2n) is 5.00. The van der Waals surface area contributed by atoms with Gasteiger partial charge in [0.15, 0.2) is 0 Å². The summed E-state index contributed by atoms with van der Waals surface area (Å²) < 4.78 is 36.9. The van der Waals surface area contributed by atoms with Crippen LogP contribution in [0.5, 0.6) is 11.5 Å². The molecule has 0 unspecified atom stereocenters. The number of benzene rings is 1. The largest absolute Gasteiger partial charge is 0.540 e. The Morgan fingerprint density at radius 1 is 1.08 bits per heavy atom. The van der Waals surface area contributed by atoms with E-state index in [0.717, 1.165) is 4.90 Å². The minimum absolute atomic E-state index is 0.0261. The average Bonchev–Trinajstić information content (AvgIpc) is 2.60. The molecule has 0 saturated carbocycles. The van der Waals surface area contributed by atoms with Crippen LogP contribution >= 0.6 is 0 Å². The number of carbonyl (C=O) groups excluding carboxylic acids is 2. The molecular formula is C14H17N2O7S-. The maximum absolute atomic E-state index is 12.8. The van der Waals surface area contributed by atoms with Crippen LogP contribution in [0.2, 0.25) is 0 Å². The Morgan fingerprint density at radius 3 is 2.21 bits per heavy atom. The fourth-order valence-electron chi connectivity index (χ4n) is 2.39. The van der Waals surface area contributed by atoms with Crippen molar-refractivity contribution in [3.8, 4) is 11.5 Å². The fraction of sp³-hybridized carbons (Fsp3) is 0.429. The SMILES string of the molecule is COc1ccc(OC)c(S(=O)(=O)N2CCN(C(=O)C(=O)[O-])CC2)c1. The number of methoxy groups -OCH3 is 2. The van der Waals surface area contributed by atoms with Crippen LogP contribution in [0.3, 0.4) is 0 Å². The van der Waals surface area contributed by atoms with Gasteiger partial charge in [0.1, 0.15) is 22.4 Å². The number of sulfonamides is 1. The number of piperazine rings is 1. The van der Waals surface area contributed by atoms with Crippen molar-refractivity contribution in [3.63, 3.8) is 0 Å². The van der Waals surface area contributed by atoms with Gasteiger partial charge in [-0.05, 0) is 12.1 Å². The molecule has 0 aromatic heterocycles. The summed E-state index contributed by atoms with van der Waals surface area (Å²) in [6.45, 7) is -0.111. The number of nitrogens with zero attached hydrogens (tertiary/aromatic N) is 2. The number of carbonyl (C=O) groups is 2. The summed E-state index contributed by atoms with van der Waals surface area (Å²) in [4.78, 5) is 22.9. The number of ether oxygens (including phenoxy) is 2. The Kier molecular flexibility index (Phi) is 5.30. The summed E-state index contributed by atoms with van der Waals surface area (Å²) in [6.07, 6.45) is 0. The van der Waals surface area contributed by atoms with E-state index < -0.39 is 21.9 Å². The second kappa shape index (κ2) is 7.05. The summed E-state index contributed by atoms with van der Waals surface area (Å²) in [6, 6.07) is 4.42. The number of amides is 1. The van der Waals surface area contributed by atoms with Crippen molar-refractivity contribution in [2.24, 2.45) is 0 Å². The van der Waals surface area contributed by atoms with Crippen LogP contribution in [-0.2, 0) is 19.6 Å². The third-order valence-electron chi connectivity index (χ3n) is 3.69. The molecule has 132 valence electrons. The molecule has 1 aromatic rings. The van der Waals surface area contributed by atoms with Gasteiger partial charge in [0.05, 0.1) is 14.2 Å². The lowest BCUT2D eigenvalue weighted by atomic mass is 10.3. The van der Waals surface area contributed by atoms with Crippen LogP contribution in [0.25, 0.3) is 0 Å². The second-order valence-corrected chi connectivity index (χ2v) is 6.91. The highest BCUT2D eigenvalue weighted by Gasteiger charge is 2.32. The van der Waals surface area contributed by atoms with Crippen molar-refractivity contribution in [1.82, 2.24) is 9.21 Å². The topological polar surface area (TPSA) is 116 Å². The first-order valence-electron chi connectivity index (χ1n) is 7.03. The van der Waals surface area contributed by atoms with Gasteiger partial charge in [-0.15, -0.1) is 0 Å². The molecule has 0 atom stereocenters. The van der Waals surface area contributed by atoms with Crippen molar-refractivity contribution in [3.05, 3.63) is 18.2 Å². The zero-order chi connectivity index (χ0) is 17.9. The van der Waals surface area contributed by atoms with E-state index in [1.165, 1.54) is 30.7 Å². The lowest BCUT2D eigenvalue weighted by Gasteiger charge is -2.34. The van der Waals surface area contributed by atoms with E-state index in [-0.39, 0.29) is 36.8 Å². The highest BCUT2D eigenvalue weighted by molar-refractivity contribution is 7.89. The van der Waals surface area contributed by atoms with E-state index in [0.29, 0.717) is 5.75 Å². The molecule has 10 heteroatoms. The van der Waals surface area contributed by atoms with Gasteiger partial charge < -0.3 is 24.3 Å². The summed E-state index contributed by atoms with van der Waals surface area (Å²) in [7, 11) is -1.10. The Balaban J connectivity index is 2.24. The van der Waals surface area contributed by atoms with Gasteiger partial charge in [-0.25, -0.2) is 8.42 Å². The number of rotatable bonds is 4. The first-order valence-corrected chi connectivity index (χ1v) is 8.47. The van der Waals surface area contributed by atoms with Gasteiger partial charge in [0.2, 0.25) is 10.0 Å². The van der Waals surface area contributed by atoms with Gasteiger partial charge in [-0.1, -0.05) is 0 Å². The zero-order valence-electron chi connectivity index (χ0n) is 13.2. The van der Waals surface area contributed by atoms with Crippen molar-refractivity contribution in [2.45, 2.75) is 4.90 Å². The van der Waals surface area contributed by atoms with Crippen molar-refractivity contribution >= 4 is 21.9 Å². The third-order valence-corrected chi connectivity index (χ3v) is 5.61. The van der Waals surface area contributed by atoms with Gasteiger partial charge in [0, 0.05) is 32.2 Å². The standard InChI is InChI=1S/C14H18N2O7S/c1-22-10-3-4-11(23-2)12(9-10)24(20,21)16-7-5-15(6-8-16)13(17)14(18)19/h3-4,9H,5-8H2,1-2H3,(H,18,19)/p-1. The normalized spacial score (nSPS) is 15.8. The van der Waals surface area contributed by atoms with Gasteiger partial charge in [-0.2, -0.15) is 4.31 Å². The average molecular weight is 357 g/mol. The molecule has 1 heterocycles. The monoisotopic (exact) mass is 357 g/mol. The number of carboxylic acids is 1. The van der Waals surface area contributed by atoms with Gasteiger partial charge >= 0.3 is 0 Å². The molecule has 0 radical (unpaired) electrons. The molecule has 2 rings (SSSR count). The van der Waals surface area contributed by atoms with E-state index in [9.17, 15) is 23.1 Å². The molecule has 1 aliphatic rings. The molecule has 0 spiro atoms. The maximum atomic E-state index is 12.8. The number of carboxylic acid groups (broad SMARTS) is 1. The number of aliphatic carboxylic acids is 1. The molecule has 24 heavy (non-hydrogen) atoms. The summed E-state index contributed by atoms with van der Waals surface area (Å²) in [5.41, 5.74) is 0.